The molecule has 176 valence electrons. The van der Waals surface area contributed by atoms with Gasteiger partial charge in [0.2, 0.25) is 0 Å². The number of nitrogens with zero attached hydrogens (tertiary/aromatic N) is 7. The highest BCUT2D eigenvalue weighted by Crippen LogP contribution is 2.38. The number of anilines is 1. The Hall–Kier alpha value is -4.52. The third-order valence-corrected chi connectivity index (χ3v) is 6.18. The van der Waals surface area contributed by atoms with E-state index < -0.39 is 0 Å². The van der Waals surface area contributed by atoms with Gasteiger partial charge in [-0.1, -0.05) is 18.2 Å². The van der Waals surface area contributed by atoms with Crippen molar-refractivity contribution in [2.24, 2.45) is 0 Å². The van der Waals surface area contributed by atoms with Gasteiger partial charge in [-0.3, -0.25) is 4.57 Å². The summed E-state index contributed by atoms with van der Waals surface area (Å²) in [5.41, 5.74) is 2.01. The van der Waals surface area contributed by atoms with Crippen LogP contribution < -0.4 is 4.90 Å². The molecule has 1 atom stereocenters. The third-order valence-electron chi connectivity index (χ3n) is 6.18. The van der Waals surface area contributed by atoms with Gasteiger partial charge >= 0.3 is 6.09 Å². The van der Waals surface area contributed by atoms with Crippen molar-refractivity contribution in [3.63, 3.8) is 0 Å². The highest BCUT2D eigenvalue weighted by Gasteiger charge is 2.31. The van der Waals surface area contributed by atoms with Crippen molar-refractivity contribution in [1.82, 2.24) is 24.4 Å². The van der Waals surface area contributed by atoms with Crippen molar-refractivity contribution >= 4 is 22.9 Å². The monoisotopic (exact) mass is 471 g/mol. The molecule has 1 amide bonds. The molecule has 1 aliphatic rings. The molecule has 0 aliphatic carbocycles. The molecule has 0 bridgehead atoms. The summed E-state index contributed by atoms with van der Waals surface area (Å²) in [5, 5.41) is 10.0. The fourth-order valence-electron chi connectivity index (χ4n) is 4.51. The fraction of sp³-hybridized carbons (Fsp3) is 0.240. The smallest absolute Gasteiger partial charge is 0.409 e. The fourth-order valence-corrected chi connectivity index (χ4v) is 4.51. The number of pyridine rings is 1. The van der Waals surface area contributed by atoms with E-state index >= 15 is 0 Å². The highest BCUT2D eigenvalue weighted by atomic mass is 19.1. The topological polar surface area (TPSA) is 100 Å². The minimum Gasteiger partial charge on any atom is -0.453 e. The minimum atomic E-state index is -0.372. The predicted molar refractivity (Wildman–Crippen MR) is 128 cm³/mol. The van der Waals surface area contributed by atoms with Gasteiger partial charge in [-0.25, -0.2) is 24.1 Å². The van der Waals surface area contributed by atoms with Crippen LogP contribution in [0.2, 0.25) is 0 Å². The van der Waals surface area contributed by atoms with Gasteiger partial charge in [-0.2, -0.15) is 5.26 Å². The maximum atomic E-state index is 15.0. The Kier molecular flexibility index (Phi) is 5.74. The molecule has 35 heavy (non-hydrogen) atoms. The van der Waals surface area contributed by atoms with E-state index in [1.54, 1.807) is 52.2 Å². The number of amides is 1. The van der Waals surface area contributed by atoms with Crippen LogP contribution in [0, 0.1) is 17.1 Å². The van der Waals surface area contributed by atoms with E-state index in [1.165, 1.54) is 19.5 Å². The van der Waals surface area contributed by atoms with Crippen LogP contribution in [0.25, 0.3) is 28.0 Å². The molecule has 0 unspecified atom stereocenters. The van der Waals surface area contributed by atoms with Gasteiger partial charge in [0.05, 0.1) is 24.1 Å². The number of ether oxygens (including phenoxy) is 1. The number of halogens is 1. The van der Waals surface area contributed by atoms with Gasteiger partial charge < -0.3 is 14.5 Å². The molecule has 4 heterocycles. The van der Waals surface area contributed by atoms with Crippen LogP contribution in [-0.4, -0.2) is 63.3 Å². The summed E-state index contributed by atoms with van der Waals surface area (Å²) in [6.45, 7) is 3.44. The molecular weight excluding hydrogens is 449 g/mol. The maximum Gasteiger partial charge on any atom is 0.409 e. The van der Waals surface area contributed by atoms with Gasteiger partial charge in [0.1, 0.15) is 23.8 Å². The zero-order valence-electron chi connectivity index (χ0n) is 19.2. The van der Waals surface area contributed by atoms with Crippen molar-refractivity contribution in [2.45, 2.75) is 13.0 Å². The number of piperazine rings is 1. The zero-order chi connectivity index (χ0) is 24.5. The maximum absolute atomic E-state index is 15.0. The average molecular weight is 471 g/mol. The van der Waals surface area contributed by atoms with Crippen molar-refractivity contribution in [3.8, 4) is 23.0 Å². The standard InChI is InChI=1S/C25H22FN7O2/c1-16-13-31(25(34)35-2)9-10-32(16)23-22-19(18-5-3-4-6-20(18)26)14-33(24(22)30-15-29-23)21-11-17(12-27)7-8-28-21/h3-8,11,14-16H,9-10,13H2,1-2H3/t16-/m0/s1. The number of hydrogen-bond donors (Lipinski definition) is 0. The lowest BCUT2D eigenvalue weighted by atomic mass is 10.0. The number of carbonyl (C=O) groups is 1. The minimum absolute atomic E-state index is 0.0715. The van der Waals surface area contributed by atoms with Gasteiger partial charge in [0.15, 0.2) is 5.65 Å². The molecule has 9 nitrogen and oxygen atoms in total. The molecule has 1 saturated heterocycles. The van der Waals surface area contributed by atoms with Crippen LogP contribution in [0.15, 0.2) is 55.1 Å². The number of fused-ring (bicyclic) bond motifs is 1. The highest BCUT2D eigenvalue weighted by molar-refractivity contribution is 6.02. The van der Waals surface area contributed by atoms with E-state index in [2.05, 4.69) is 25.9 Å². The summed E-state index contributed by atoms with van der Waals surface area (Å²) in [6, 6.07) is 11.9. The van der Waals surface area contributed by atoms with Gasteiger partial charge in [0, 0.05) is 49.2 Å². The number of carbonyl (C=O) groups excluding carboxylic acids is 1. The van der Waals surface area contributed by atoms with Gasteiger partial charge in [-0.05, 0) is 25.1 Å². The second kappa shape index (κ2) is 9.02. The number of aromatic nitrogens is 4. The molecule has 1 aromatic carbocycles. The Balaban J connectivity index is 1.71. The second-order valence-electron chi connectivity index (χ2n) is 8.26. The molecule has 3 aromatic heterocycles. The number of benzene rings is 1. The normalized spacial score (nSPS) is 15.8. The molecule has 0 N–H and O–H groups in total. The zero-order valence-corrected chi connectivity index (χ0v) is 19.2. The summed E-state index contributed by atoms with van der Waals surface area (Å²) in [4.78, 5) is 29.3. The molecular formula is C25H22FN7O2. The van der Waals surface area contributed by atoms with Crippen molar-refractivity contribution in [3.05, 3.63) is 66.5 Å². The molecule has 1 fully saturated rings. The summed E-state index contributed by atoms with van der Waals surface area (Å²) >= 11 is 0. The Bertz CT molecular complexity index is 1460. The van der Waals surface area contributed by atoms with E-state index in [0.717, 1.165) is 0 Å². The lowest BCUT2D eigenvalue weighted by Crippen LogP contribution is -2.54. The van der Waals surface area contributed by atoms with E-state index in [4.69, 9.17) is 4.74 Å². The van der Waals surface area contributed by atoms with Crippen LogP contribution in [0.1, 0.15) is 12.5 Å². The quantitative estimate of drug-likeness (QED) is 0.448. The Labute approximate surface area is 201 Å². The van der Waals surface area contributed by atoms with Crippen molar-refractivity contribution in [1.29, 1.82) is 5.26 Å². The molecule has 10 heteroatoms. The number of methoxy groups -OCH3 is 1. The number of nitriles is 1. The summed E-state index contributed by atoms with van der Waals surface area (Å²) in [7, 11) is 1.37. The first kappa shape index (κ1) is 22.3. The van der Waals surface area contributed by atoms with Crippen LogP contribution in [0.5, 0.6) is 0 Å². The summed E-state index contributed by atoms with van der Waals surface area (Å²) < 4.78 is 21.6. The van der Waals surface area contributed by atoms with E-state index in [0.29, 0.717) is 59.0 Å². The van der Waals surface area contributed by atoms with Crippen LogP contribution in [0.3, 0.4) is 0 Å². The first-order valence-corrected chi connectivity index (χ1v) is 11.1. The predicted octanol–water partition coefficient (Wildman–Crippen LogP) is 3.77. The van der Waals surface area contributed by atoms with Crippen molar-refractivity contribution in [2.75, 3.05) is 31.6 Å². The molecule has 5 rings (SSSR count). The lowest BCUT2D eigenvalue weighted by molar-refractivity contribution is 0.115. The van der Waals surface area contributed by atoms with E-state index in [-0.39, 0.29) is 18.0 Å². The third kappa shape index (κ3) is 3.91. The summed E-state index contributed by atoms with van der Waals surface area (Å²) in [6.07, 6.45) is 4.43. The lowest BCUT2D eigenvalue weighted by Gasteiger charge is -2.40. The second-order valence-corrected chi connectivity index (χ2v) is 8.26. The molecule has 1 aliphatic heterocycles. The Morgan fingerprint density at radius 3 is 2.74 bits per heavy atom. The SMILES string of the molecule is COC(=O)N1CCN(c2ncnc3c2c(-c2ccccc2F)cn3-c2cc(C#N)ccn2)[C@@H](C)C1. The largest absolute Gasteiger partial charge is 0.453 e. The average Bonchev–Trinajstić information content (AvgIpc) is 3.28. The van der Waals surface area contributed by atoms with E-state index in [9.17, 15) is 14.4 Å². The van der Waals surface area contributed by atoms with Gasteiger partial charge in [0.25, 0.3) is 0 Å². The summed E-state index contributed by atoms with van der Waals surface area (Å²) in [5.74, 6) is 0.758. The van der Waals surface area contributed by atoms with Crippen LogP contribution in [-0.2, 0) is 4.74 Å². The first-order chi connectivity index (χ1) is 17.0. The van der Waals surface area contributed by atoms with E-state index in [1.807, 2.05) is 6.92 Å². The molecule has 0 radical (unpaired) electrons. The molecule has 0 saturated carbocycles. The number of rotatable bonds is 3. The Morgan fingerprint density at radius 2 is 2.00 bits per heavy atom. The van der Waals surface area contributed by atoms with Crippen molar-refractivity contribution < 1.29 is 13.9 Å². The van der Waals surface area contributed by atoms with Gasteiger partial charge in [-0.15, -0.1) is 0 Å². The molecule has 4 aromatic rings. The molecule has 0 spiro atoms. The van der Waals surface area contributed by atoms with Crippen LogP contribution in [0.4, 0.5) is 15.0 Å². The Morgan fingerprint density at radius 1 is 1.17 bits per heavy atom. The first-order valence-electron chi connectivity index (χ1n) is 11.1. The van der Waals surface area contributed by atoms with Crippen LogP contribution >= 0.6 is 0 Å². The number of hydrogen-bond acceptors (Lipinski definition) is 7.